The molecular weight excluding hydrogens is 138 g/mol. The van der Waals surface area contributed by atoms with Crippen molar-refractivity contribution < 1.29 is 0 Å². The van der Waals surface area contributed by atoms with Crippen molar-refractivity contribution in [3.05, 3.63) is 24.3 Å². The first kappa shape index (κ1) is 7.55. The molecule has 0 N–H and O–H groups in total. The molecule has 56 valence electrons. The number of imidazole rings is 1. The highest BCUT2D eigenvalue weighted by Crippen LogP contribution is 2.07. The average molecular weight is 147 g/mol. The Morgan fingerprint density at radius 1 is 1.55 bits per heavy atom. The molecule has 1 aromatic heterocycles. The van der Waals surface area contributed by atoms with Crippen LogP contribution < -0.4 is 0 Å². The second kappa shape index (κ2) is 3.02. The van der Waals surface area contributed by atoms with E-state index in [0.717, 1.165) is 5.57 Å². The molecule has 1 heterocycles. The van der Waals surface area contributed by atoms with E-state index in [1.807, 2.05) is 13.8 Å². The Morgan fingerprint density at radius 3 is 2.64 bits per heavy atom. The highest BCUT2D eigenvalue weighted by molar-refractivity contribution is 5.62. The van der Waals surface area contributed by atoms with Gasteiger partial charge in [0.15, 0.2) is 0 Å². The second-order valence-corrected chi connectivity index (χ2v) is 2.43. The van der Waals surface area contributed by atoms with Crippen molar-refractivity contribution in [1.29, 1.82) is 5.26 Å². The molecule has 0 fully saturated rings. The van der Waals surface area contributed by atoms with Crippen LogP contribution in [0.1, 0.15) is 13.8 Å². The van der Waals surface area contributed by atoms with Gasteiger partial charge in [0.05, 0.1) is 6.33 Å². The zero-order valence-electron chi connectivity index (χ0n) is 6.57. The third-order valence-corrected chi connectivity index (χ3v) is 1.34. The molecule has 0 atom stereocenters. The summed E-state index contributed by atoms with van der Waals surface area (Å²) in [6.45, 7) is 3.80. The zero-order valence-corrected chi connectivity index (χ0v) is 6.57. The summed E-state index contributed by atoms with van der Waals surface area (Å²) in [5.41, 5.74) is 1.63. The Morgan fingerprint density at radius 2 is 2.27 bits per heavy atom. The lowest BCUT2D eigenvalue weighted by Crippen LogP contribution is -1.92. The molecule has 0 aliphatic heterocycles. The van der Waals surface area contributed by atoms with Gasteiger partial charge >= 0.3 is 0 Å². The molecule has 0 saturated carbocycles. The summed E-state index contributed by atoms with van der Waals surface area (Å²) in [4.78, 5) is 3.85. The van der Waals surface area contributed by atoms with Crippen LogP contribution in [0.3, 0.4) is 0 Å². The maximum absolute atomic E-state index is 8.71. The van der Waals surface area contributed by atoms with E-state index in [0.29, 0.717) is 5.70 Å². The third kappa shape index (κ3) is 1.47. The van der Waals surface area contributed by atoms with Crippen molar-refractivity contribution in [2.45, 2.75) is 13.8 Å². The van der Waals surface area contributed by atoms with E-state index in [-0.39, 0.29) is 0 Å². The molecule has 0 spiro atoms. The summed E-state index contributed by atoms with van der Waals surface area (Å²) in [7, 11) is 0. The molecular formula is C8H9N3. The first-order chi connectivity index (χ1) is 5.25. The highest BCUT2D eigenvalue weighted by atomic mass is 15.0. The van der Waals surface area contributed by atoms with E-state index in [1.54, 1.807) is 23.3 Å². The summed E-state index contributed by atoms with van der Waals surface area (Å²) in [5, 5.41) is 8.71. The van der Waals surface area contributed by atoms with Gasteiger partial charge in [-0.1, -0.05) is 0 Å². The van der Waals surface area contributed by atoms with Crippen LogP contribution in [-0.2, 0) is 0 Å². The molecule has 3 heteroatoms. The fourth-order valence-electron chi connectivity index (χ4n) is 0.819. The van der Waals surface area contributed by atoms with Gasteiger partial charge in [-0.15, -0.1) is 0 Å². The lowest BCUT2D eigenvalue weighted by atomic mass is 10.3. The molecule has 0 saturated heterocycles. The lowest BCUT2D eigenvalue weighted by Gasteiger charge is -1.99. The predicted octanol–water partition coefficient (Wildman–Crippen LogP) is 1.66. The molecule has 1 aromatic rings. The highest BCUT2D eigenvalue weighted by Gasteiger charge is 1.98. The average Bonchev–Trinajstić information content (AvgIpc) is 2.40. The quantitative estimate of drug-likeness (QED) is 0.567. The number of aromatic nitrogens is 2. The summed E-state index contributed by atoms with van der Waals surface area (Å²) < 4.78 is 1.70. The Bertz CT molecular complexity index is 297. The van der Waals surface area contributed by atoms with E-state index in [2.05, 4.69) is 11.1 Å². The first-order valence-corrected chi connectivity index (χ1v) is 3.31. The van der Waals surface area contributed by atoms with Gasteiger partial charge in [0.1, 0.15) is 11.8 Å². The molecule has 0 aliphatic rings. The summed E-state index contributed by atoms with van der Waals surface area (Å²) in [6.07, 6.45) is 5.03. The van der Waals surface area contributed by atoms with Crippen molar-refractivity contribution >= 4 is 5.70 Å². The second-order valence-electron chi connectivity index (χ2n) is 2.43. The van der Waals surface area contributed by atoms with E-state index in [9.17, 15) is 0 Å². The largest absolute Gasteiger partial charge is 0.297 e. The number of hydrogen-bond acceptors (Lipinski definition) is 2. The smallest absolute Gasteiger partial charge is 0.124 e. The van der Waals surface area contributed by atoms with Crippen LogP contribution in [0, 0.1) is 11.3 Å². The summed E-state index contributed by atoms with van der Waals surface area (Å²) >= 11 is 0. The first-order valence-electron chi connectivity index (χ1n) is 3.31. The Labute approximate surface area is 65.6 Å². The topological polar surface area (TPSA) is 41.6 Å². The zero-order chi connectivity index (χ0) is 8.27. The maximum atomic E-state index is 8.71. The van der Waals surface area contributed by atoms with Crippen molar-refractivity contribution in [3.8, 4) is 6.07 Å². The van der Waals surface area contributed by atoms with E-state index in [4.69, 9.17) is 5.26 Å². The van der Waals surface area contributed by atoms with Crippen LogP contribution in [0.4, 0.5) is 0 Å². The standard InChI is InChI=1S/C8H9N3/c1-7(2)8(5-9)11-4-3-10-6-11/h3-4,6H,1-2H3. The number of rotatable bonds is 1. The Kier molecular flexibility index (Phi) is 2.07. The molecule has 0 aromatic carbocycles. The predicted molar refractivity (Wildman–Crippen MR) is 42.4 cm³/mol. The minimum absolute atomic E-state index is 0.641. The molecule has 0 radical (unpaired) electrons. The van der Waals surface area contributed by atoms with Crippen LogP contribution in [-0.4, -0.2) is 9.55 Å². The van der Waals surface area contributed by atoms with Gasteiger partial charge in [0.25, 0.3) is 0 Å². The number of nitriles is 1. The van der Waals surface area contributed by atoms with E-state index >= 15 is 0 Å². The van der Waals surface area contributed by atoms with Crippen LogP contribution >= 0.6 is 0 Å². The fourth-order valence-corrected chi connectivity index (χ4v) is 0.819. The van der Waals surface area contributed by atoms with Gasteiger partial charge in [-0.3, -0.25) is 4.57 Å². The van der Waals surface area contributed by atoms with Crippen molar-refractivity contribution in [2.24, 2.45) is 0 Å². The van der Waals surface area contributed by atoms with Crippen molar-refractivity contribution in [3.63, 3.8) is 0 Å². The maximum Gasteiger partial charge on any atom is 0.124 e. The fraction of sp³-hybridized carbons (Fsp3) is 0.250. The minimum Gasteiger partial charge on any atom is -0.297 e. The molecule has 0 amide bonds. The Balaban J connectivity index is 3.12. The Hall–Kier alpha value is -1.56. The number of allylic oxidation sites excluding steroid dienone is 2. The van der Waals surface area contributed by atoms with Gasteiger partial charge in [0, 0.05) is 12.4 Å². The molecule has 0 aliphatic carbocycles. The van der Waals surface area contributed by atoms with Crippen molar-refractivity contribution in [1.82, 2.24) is 9.55 Å². The minimum atomic E-state index is 0.641. The number of nitrogens with zero attached hydrogens (tertiary/aromatic N) is 3. The van der Waals surface area contributed by atoms with E-state index in [1.165, 1.54) is 0 Å². The molecule has 0 unspecified atom stereocenters. The molecule has 0 bridgehead atoms. The van der Waals surface area contributed by atoms with Gasteiger partial charge in [-0.25, -0.2) is 4.98 Å². The molecule has 11 heavy (non-hydrogen) atoms. The van der Waals surface area contributed by atoms with Gasteiger partial charge in [-0.05, 0) is 19.4 Å². The lowest BCUT2D eigenvalue weighted by molar-refractivity contribution is 1.08. The number of hydrogen-bond donors (Lipinski definition) is 0. The van der Waals surface area contributed by atoms with Crippen LogP contribution in [0.25, 0.3) is 5.70 Å². The van der Waals surface area contributed by atoms with Crippen LogP contribution in [0.5, 0.6) is 0 Å². The van der Waals surface area contributed by atoms with Crippen LogP contribution in [0.2, 0.25) is 0 Å². The van der Waals surface area contributed by atoms with Gasteiger partial charge < -0.3 is 0 Å². The summed E-state index contributed by atoms with van der Waals surface area (Å²) in [6, 6.07) is 2.11. The summed E-state index contributed by atoms with van der Waals surface area (Å²) in [5.74, 6) is 0. The van der Waals surface area contributed by atoms with Gasteiger partial charge in [0.2, 0.25) is 0 Å². The third-order valence-electron chi connectivity index (χ3n) is 1.34. The SMILES string of the molecule is CC(C)=C(C#N)n1ccnc1. The van der Waals surface area contributed by atoms with Crippen molar-refractivity contribution in [2.75, 3.05) is 0 Å². The van der Waals surface area contributed by atoms with E-state index < -0.39 is 0 Å². The molecule has 1 rings (SSSR count). The van der Waals surface area contributed by atoms with Crippen LogP contribution in [0.15, 0.2) is 24.3 Å². The molecule has 3 nitrogen and oxygen atoms in total. The monoisotopic (exact) mass is 147 g/mol. The normalized spacial score (nSPS) is 8.82. The van der Waals surface area contributed by atoms with Gasteiger partial charge in [-0.2, -0.15) is 5.26 Å².